The van der Waals surface area contributed by atoms with E-state index >= 15 is 0 Å². The zero-order chi connectivity index (χ0) is 25.3. The Kier molecular flexibility index (Phi) is 7.07. The molecule has 3 aromatic rings. The number of nitrogens with one attached hydrogen (secondary N) is 1. The molecule has 4 rings (SSSR count). The number of tetrazole rings is 1. The maximum absolute atomic E-state index is 13.5. The Morgan fingerprint density at radius 3 is 2.60 bits per heavy atom. The van der Waals surface area contributed by atoms with E-state index in [4.69, 9.17) is 4.74 Å². The fourth-order valence-electron chi connectivity index (χ4n) is 4.84. The Balaban J connectivity index is 1.81. The first-order chi connectivity index (χ1) is 16.7. The lowest BCUT2D eigenvalue weighted by molar-refractivity contribution is -0.149. The van der Waals surface area contributed by atoms with E-state index in [0.717, 1.165) is 28.5 Å². The van der Waals surface area contributed by atoms with E-state index in [2.05, 4.69) is 52.2 Å². The Morgan fingerprint density at radius 1 is 1.23 bits per heavy atom. The van der Waals surface area contributed by atoms with Crippen LogP contribution in [0.4, 0.5) is 0 Å². The van der Waals surface area contributed by atoms with Gasteiger partial charge in [0, 0.05) is 18.7 Å². The van der Waals surface area contributed by atoms with Crippen LogP contribution in [0.25, 0.3) is 10.9 Å². The normalized spacial score (nSPS) is 16.5. The first-order valence-corrected chi connectivity index (χ1v) is 12.5. The number of hydrogen-bond acceptors (Lipinski definition) is 7. The van der Waals surface area contributed by atoms with Gasteiger partial charge in [-0.25, -0.2) is 4.68 Å². The molecule has 3 heterocycles. The molecule has 1 unspecified atom stereocenters. The van der Waals surface area contributed by atoms with E-state index in [1.165, 1.54) is 0 Å². The molecule has 0 bridgehead atoms. The number of rotatable bonds is 7. The van der Waals surface area contributed by atoms with Crippen molar-refractivity contribution in [3.63, 3.8) is 0 Å². The number of nitrogens with zero attached hydrogens (tertiary/aromatic N) is 5. The van der Waals surface area contributed by atoms with Gasteiger partial charge in [0.15, 0.2) is 5.82 Å². The Labute approximate surface area is 205 Å². The summed E-state index contributed by atoms with van der Waals surface area (Å²) in [6.07, 6.45) is 2.16. The topological polar surface area (TPSA) is 106 Å². The van der Waals surface area contributed by atoms with Gasteiger partial charge in [-0.1, -0.05) is 19.1 Å². The third kappa shape index (κ3) is 4.74. The SMILES string of the molecule is CCOC(=O)C1CCN(C(c2cc3ccc(C)c(C)c3[nH]c2=O)c2nnnn2C(C)(C)CC)CC1. The van der Waals surface area contributed by atoms with Crippen molar-refractivity contribution in [2.75, 3.05) is 19.7 Å². The molecule has 0 aliphatic carbocycles. The van der Waals surface area contributed by atoms with Crippen molar-refractivity contribution in [2.45, 2.75) is 72.4 Å². The predicted octanol–water partition coefficient (Wildman–Crippen LogP) is 3.64. The summed E-state index contributed by atoms with van der Waals surface area (Å²) in [4.78, 5) is 31.2. The molecule has 0 spiro atoms. The number of H-pyrrole nitrogens is 1. The van der Waals surface area contributed by atoms with Crippen molar-refractivity contribution in [2.24, 2.45) is 5.92 Å². The van der Waals surface area contributed by atoms with E-state index in [1.54, 1.807) is 0 Å². The monoisotopic (exact) mass is 480 g/mol. The fourth-order valence-corrected chi connectivity index (χ4v) is 4.84. The third-order valence-electron chi connectivity index (χ3n) is 7.57. The first-order valence-electron chi connectivity index (χ1n) is 12.5. The molecule has 0 saturated carbocycles. The molecule has 1 aromatic carbocycles. The molecule has 2 aromatic heterocycles. The van der Waals surface area contributed by atoms with Crippen molar-refractivity contribution < 1.29 is 9.53 Å². The summed E-state index contributed by atoms with van der Waals surface area (Å²) in [5.74, 6) is 0.366. The van der Waals surface area contributed by atoms with E-state index in [0.29, 0.717) is 43.9 Å². The molecular formula is C26H36N6O3. The molecule has 1 N–H and O–H groups in total. The number of carbonyl (C=O) groups excluding carboxylic acids is 1. The van der Waals surface area contributed by atoms with Crippen molar-refractivity contribution >= 4 is 16.9 Å². The van der Waals surface area contributed by atoms with Crippen LogP contribution in [0.1, 0.15) is 75.5 Å². The highest BCUT2D eigenvalue weighted by atomic mass is 16.5. The van der Waals surface area contributed by atoms with E-state index < -0.39 is 6.04 Å². The van der Waals surface area contributed by atoms with Crippen LogP contribution in [0.5, 0.6) is 0 Å². The maximum atomic E-state index is 13.5. The summed E-state index contributed by atoms with van der Waals surface area (Å²) in [6.45, 7) is 13.8. The number of fused-ring (bicyclic) bond motifs is 1. The maximum Gasteiger partial charge on any atom is 0.309 e. The molecule has 9 heteroatoms. The Bertz CT molecular complexity index is 1270. The van der Waals surface area contributed by atoms with Crippen LogP contribution in [-0.2, 0) is 15.1 Å². The number of esters is 1. The Morgan fingerprint density at radius 2 is 1.94 bits per heavy atom. The zero-order valence-electron chi connectivity index (χ0n) is 21.6. The summed E-state index contributed by atoms with van der Waals surface area (Å²) in [6, 6.07) is 5.65. The number of likely N-dealkylation sites (tertiary alicyclic amines) is 1. The minimum Gasteiger partial charge on any atom is -0.466 e. The standard InChI is InChI=1S/C26H36N6O3/c1-7-26(5,6)32-23(28-29-30-32)22(31-13-11-18(12-14-31)25(34)35-8-2)20-15-19-10-9-16(3)17(4)21(19)27-24(20)33/h9-10,15,18,22H,7-8,11-14H2,1-6H3,(H,27,33). The lowest BCUT2D eigenvalue weighted by Gasteiger charge is -2.37. The number of ether oxygens (including phenoxy) is 1. The summed E-state index contributed by atoms with van der Waals surface area (Å²) in [7, 11) is 0. The van der Waals surface area contributed by atoms with Gasteiger partial charge < -0.3 is 9.72 Å². The number of carbonyl (C=O) groups is 1. The number of aromatic amines is 1. The molecule has 0 radical (unpaired) electrons. The van der Waals surface area contributed by atoms with Gasteiger partial charge in [-0.15, -0.1) is 5.10 Å². The number of pyridine rings is 1. The summed E-state index contributed by atoms with van der Waals surface area (Å²) in [5.41, 5.74) is 3.19. The largest absolute Gasteiger partial charge is 0.466 e. The van der Waals surface area contributed by atoms with Gasteiger partial charge in [-0.2, -0.15) is 0 Å². The van der Waals surface area contributed by atoms with Crippen LogP contribution in [-0.4, -0.2) is 55.8 Å². The van der Waals surface area contributed by atoms with Crippen LogP contribution >= 0.6 is 0 Å². The van der Waals surface area contributed by atoms with E-state index in [9.17, 15) is 9.59 Å². The van der Waals surface area contributed by atoms with Gasteiger partial charge in [-0.05, 0) is 86.9 Å². The van der Waals surface area contributed by atoms with E-state index in [1.807, 2.05) is 37.6 Å². The minimum absolute atomic E-state index is 0.129. The highest BCUT2D eigenvalue weighted by Crippen LogP contribution is 2.34. The molecule has 1 aliphatic rings. The molecular weight excluding hydrogens is 444 g/mol. The number of piperidine rings is 1. The van der Waals surface area contributed by atoms with Gasteiger partial charge in [0.2, 0.25) is 0 Å². The van der Waals surface area contributed by atoms with Crippen molar-refractivity contribution in [1.29, 1.82) is 0 Å². The smallest absolute Gasteiger partial charge is 0.309 e. The van der Waals surface area contributed by atoms with Crippen molar-refractivity contribution in [1.82, 2.24) is 30.1 Å². The van der Waals surface area contributed by atoms with Gasteiger partial charge >= 0.3 is 5.97 Å². The molecule has 1 atom stereocenters. The number of hydrogen-bond donors (Lipinski definition) is 1. The molecule has 0 amide bonds. The average Bonchev–Trinajstić information content (AvgIpc) is 3.33. The van der Waals surface area contributed by atoms with Crippen LogP contribution in [0, 0.1) is 19.8 Å². The van der Waals surface area contributed by atoms with Crippen LogP contribution < -0.4 is 5.56 Å². The molecule has 35 heavy (non-hydrogen) atoms. The molecule has 1 aliphatic heterocycles. The fraction of sp³-hybridized carbons (Fsp3) is 0.577. The first kappa shape index (κ1) is 25.0. The summed E-state index contributed by atoms with van der Waals surface area (Å²) >= 11 is 0. The number of aromatic nitrogens is 5. The molecule has 188 valence electrons. The second kappa shape index (κ2) is 9.89. The van der Waals surface area contributed by atoms with Gasteiger partial charge in [-0.3, -0.25) is 14.5 Å². The molecule has 1 saturated heterocycles. The molecule has 9 nitrogen and oxygen atoms in total. The van der Waals surface area contributed by atoms with Gasteiger partial charge in [0.1, 0.15) is 6.04 Å². The van der Waals surface area contributed by atoms with Crippen molar-refractivity contribution in [3.8, 4) is 0 Å². The minimum atomic E-state index is -0.436. The lowest BCUT2D eigenvalue weighted by atomic mass is 9.93. The molecule has 1 fully saturated rings. The summed E-state index contributed by atoms with van der Waals surface area (Å²) in [5, 5.41) is 13.7. The lowest BCUT2D eigenvalue weighted by Crippen LogP contribution is -2.43. The highest BCUT2D eigenvalue weighted by Gasteiger charge is 2.37. The Hall–Kier alpha value is -3.07. The van der Waals surface area contributed by atoms with Crippen LogP contribution in [0.2, 0.25) is 0 Å². The van der Waals surface area contributed by atoms with Crippen molar-refractivity contribution in [3.05, 3.63) is 51.1 Å². The highest BCUT2D eigenvalue weighted by molar-refractivity contribution is 5.83. The van der Waals surface area contributed by atoms with Crippen LogP contribution in [0.3, 0.4) is 0 Å². The van der Waals surface area contributed by atoms with E-state index in [-0.39, 0.29) is 23.0 Å². The predicted molar refractivity (Wildman–Crippen MR) is 134 cm³/mol. The van der Waals surface area contributed by atoms with Gasteiger partial charge in [0.05, 0.1) is 23.6 Å². The number of benzene rings is 1. The third-order valence-corrected chi connectivity index (χ3v) is 7.57. The van der Waals surface area contributed by atoms with Crippen LogP contribution in [0.15, 0.2) is 23.0 Å². The number of aryl methyl sites for hydroxylation is 2. The average molecular weight is 481 g/mol. The quantitative estimate of drug-likeness (QED) is 0.515. The zero-order valence-corrected chi connectivity index (χ0v) is 21.6. The second-order valence-electron chi connectivity index (χ2n) is 10.1. The second-order valence-corrected chi connectivity index (χ2v) is 10.1. The summed E-state index contributed by atoms with van der Waals surface area (Å²) < 4.78 is 7.10. The van der Waals surface area contributed by atoms with Gasteiger partial charge in [0.25, 0.3) is 5.56 Å².